The van der Waals surface area contributed by atoms with E-state index in [1.54, 1.807) is 32.0 Å². The Labute approximate surface area is 145 Å². The van der Waals surface area contributed by atoms with E-state index in [2.05, 4.69) is 19.9 Å². The minimum Gasteiger partial charge on any atom is -0.494 e. The number of imidazole rings is 1. The maximum Gasteiger partial charge on any atom is 0.312 e. The van der Waals surface area contributed by atoms with Crippen LogP contribution >= 0.6 is 0 Å². The summed E-state index contributed by atoms with van der Waals surface area (Å²) in [5.74, 6) is 1.25. The van der Waals surface area contributed by atoms with Crippen LogP contribution in [0.4, 0.5) is 5.95 Å². The fourth-order valence-corrected chi connectivity index (χ4v) is 3.69. The van der Waals surface area contributed by atoms with Crippen molar-refractivity contribution in [1.82, 2.24) is 19.5 Å². The Balaban J connectivity index is 1.39. The van der Waals surface area contributed by atoms with Gasteiger partial charge < -0.3 is 18.9 Å². The van der Waals surface area contributed by atoms with E-state index in [9.17, 15) is 4.79 Å². The fraction of sp³-hybridized carbons (Fsp3) is 0.529. The van der Waals surface area contributed by atoms with Crippen LogP contribution in [-0.2, 0) is 16.1 Å². The summed E-state index contributed by atoms with van der Waals surface area (Å²) < 4.78 is 12.7. The van der Waals surface area contributed by atoms with Gasteiger partial charge in [0.2, 0.25) is 5.95 Å². The number of carbonyl (C=O) groups is 1. The van der Waals surface area contributed by atoms with Crippen LogP contribution in [0.15, 0.2) is 31.1 Å². The molecule has 1 unspecified atom stereocenters. The van der Waals surface area contributed by atoms with Crippen LogP contribution in [0, 0.1) is 5.41 Å². The van der Waals surface area contributed by atoms with Gasteiger partial charge in [-0.2, -0.15) is 0 Å². The van der Waals surface area contributed by atoms with Crippen molar-refractivity contribution < 1.29 is 14.3 Å². The second-order valence-electron chi connectivity index (χ2n) is 6.68. The molecule has 25 heavy (non-hydrogen) atoms. The number of ether oxygens (including phenoxy) is 2. The number of rotatable bonds is 4. The van der Waals surface area contributed by atoms with Gasteiger partial charge in [-0.25, -0.2) is 15.0 Å². The molecular weight excluding hydrogens is 322 g/mol. The maximum absolute atomic E-state index is 12.5. The number of hydrogen-bond acceptors (Lipinski definition) is 7. The summed E-state index contributed by atoms with van der Waals surface area (Å²) in [7, 11) is 1.59. The summed E-state index contributed by atoms with van der Waals surface area (Å²) in [5.41, 5.74) is -0.367. The number of carbonyl (C=O) groups excluding carboxylic acids is 1. The molecular formula is C17H21N5O3. The minimum absolute atomic E-state index is 0.0621. The van der Waals surface area contributed by atoms with Gasteiger partial charge in [-0.15, -0.1) is 0 Å². The molecule has 2 saturated heterocycles. The van der Waals surface area contributed by atoms with Crippen LogP contribution < -0.4 is 9.64 Å². The summed E-state index contributed by atoms with van der Waals surface area (Å²) in [6, 6.07) is 0. The quantitative estimate of drug-likeness (QED) is 0.774. The predicted octanol–water partition coefficient (Wildman–Crippen LogP) is 1.28. The number of hydrogen-bond donors (Lipinski definition) is 0. The zero-order valence-electron chi connectivity index (χ0n) is 14.2. The van der Waals surface area contributed by atoms with Gasteiger partial charge in [0, 0.05) is 31.9 Å². The molecule has 0 radical (unpaired) electrons. The molecule has 132 valence electrons. The molecule has 2 aromatic heterocycles. The SMILES string of the molecule is COc1cnc(N2CCC3(CC2)CC(Cn2ccnc2)OC3=O)nc1. The fourth-order valence-electron chi connectivity index (χ4n) is 3.69. The maximum atomic E-state index is 12.5. The first-order chi connectivity index (χ1) is 12.2. The van der Waals surface area contributed by atoms with Gasteiger partial charge in [-0.3, -0.25) is 4.79 Å². The first-order valence-electron chi connectivity index (χ1n) is 8.46. The first kappa shape index (κ1) is 15.9. The molecule has 2 aliphatic heterocycles. The number of cyclic esters (lactones) is 1. The Kier molecular flexibility index (Phi) is 4.03. The lowest BCUT2D eigenvalue weighted by Crippen LogP contribution is -2.43. The van der Waals surface area contributed by atoms with Crippen LogP contribution in [0.25, 0.3) is 0 Å². The Morgan fingerprint density at radius 1 is 1.32 bits per heavy atom. The van der Waals surface area contributed by atoms with Gasteiger partial charge in [-0.05, 0) is 12.8 Å². The highest BCUT2D eigenvalue weighted by molar-refractivity contribution is 5.79. The van der Waals surface area contributed by atoms with Crippen LogP contribution in [0.3, 0.4) is 0 Å². The van der Waals surface area contributed by atoms with E-state index >= 15 is 0 Å². The van der Waals surface area contributed by atoms with Crippen molar-refractivity contribution in [2.45, 2.75) is 31.9 Å². The molecule has 0 aromatic carbocycles. The summed E-state index contributed by atoms with van der Waals surface area (Å²) in [5, 5.41) is 0. The molecule has 1 atom stereocenters. The third-order valence-electron chi connectivity index (χ3n) is 5.15. The number of piperidine rings is 1. The van der Waals surface area contributed by atoms with E-state index in [4.69, 9.17) is 9.47 Å². The van der Waals surface area contributed by atoms with E-state index in [0.29, 0.717) is 18.2 Å². The highest BCUT2D eigenvalue weighted by Crippen LogP contribution is 2.43. The average molecular weight is 343 g/mol. The standard InChI is InChI=1S/C17H21N5O3/c1-24-14-9-19-16(20-10-14)22-5-2-17(3-6-22)8-13(25-15(17)23)11-21-7-4-18-12-21/h4,7,9-10,12-13H,2-3,5-6,8,11H2,1H3. The second kappa shape index (κ2) is 6.34. The minimum atomic E-state index is -0.367. The van der Waals surface area contributed by atoms with Crippen LogP contribution in [0.1, 0.15) is 19.3 Å². The molecule has 8 heteroatoms. The summed E-state index contributed by atoms with van der Waals surface area (Å²) in [4.78, 5) is 27.3. The summed E-state index contributed by atoms with van der Waals surface area (Å²) >= 11 is 0. The van der Waals surface area contributed by atoms with Gasteiger partial charge >= 0.3 is 5.97 Å². The molecule has 8 nitrogen and oxygen atoms in total. The lowest BCUT2D eigenvalue weighted by atomic mass is 9.76. The van der Waals surface area contributed by atoms with Crippen molar-refractivity contribution in [2.24, 2.45) is 5.41 Å². The van der Waals surface area contributed by atoms with Crippen molar-refractivity contribution in [3.63, 3.8) is 0 Å². The predicted molar refractivity (Wildman–Crippen MR) is 89.2 cm³/mol. The van der Waals surface area contributed by atoms with Gasteiger partial charge in [0.25, 0.3) is 0 Å². The molecule has 2 fully saturated rings. The third-order valence-corrected chi connectivity index (χ3v) is 5.15. The van der Waals surface area contributed by atoms with Crippen molar-refractivity contribution in [1.29, 1.82) is 0 Å². The van der Waals surface area contributed by atoms with E-state index in [0.717, 1.165) is 32.4 Å². The van der Waals surface area contributed by atoms with E-state index in [-0.39, 0.29) is 17.5 Å². The molecule has 0 saturated carbocycles. The molecule has 0 aliphatic carbocycles. The van der Waals surface area contributed by atoms with E-state index < -0.39 is 0 Å². The Morgan fingerprint density at radius 3 is 2.72 bits per heavy atom. The topological polar surface area (TPSA) is 82.4 Å². The van der Waals surface area contributed by atoms with Gasteiger partial charge in [0.15, 0.2) is 5.75 Å². The Bertz CT molecular complexity index is 723. The molecule has 4 rings (SSSR count). The lowest BCUT2D eigenvalue weighted by Gasteiger charge is -2.36. The van der Waals surface area contributed by atoms with Crippen LogP contribution in [0.5, 0.6) is 5.75 Å². The normalized spacial score (nSPS) is 22.2. The molecule has 4 heterocycles. The smallest absolute Gasteiger partial charge is 0.312 e. The lowest BCUT2D eigenvalue weighted by molar-refractivity contribution is -0.150. The Hall–Kier alpha value is -2.64. The highest BCUT2D eigenvalue weighted by Gasteiger charge is 2.50. The number of nitrogens with zero attached hydrogens (tertiary/aromatic N) is 5. The number of aromatic nitrogens is 4. The number of methoxy groups -OCH3 is 1. The number of anilines is 1. The van der Waals surface area contributed by atoms with Crippen molar-refractivity contribution in [3.8, 4) is 5.75 Å². The molecule has 0 N–H and O–H groups in total. The van der Waals surface area contributed by atoms with E-state index in [1.165, 1.54) is 0 Å². The van der Waals surface area contributed by atoms with Crippen molar-refractivity contribution >= 4 is 11.9 Å². The highest BCUT2D eigenvalue weighted by atomic mass is 16.6. The summed E-state index contributed by atoms with van der Waals surface area (Å²) in [6.07, 6.45) is 10.9. The van der Waals surface area contributed by atoms with E-state index in [1.807, 2.05) is 10.8 Å². The second-order valence-corrected chi connectivity index (χ2v) is 6.68. The molecule has 2 aliphatic rings. The van der Waals surface area contributed by atoms with Crippen LogP contribution in [0.2, 0.25) is 0 Å². The number of esters is 1. The molecule has 0 amide bonds. The zero-order chi connectivity index (χ0) is 17.3. The third kappa shape index (κ3) is 3.04. The molecule has 2 aromatic rings. The van der Waals surface area contributed by atoms with Gasteiger partial charge in [-0.1, -0.05) is 0 Å². The van der Waals surface area contributed by atoms with Crippen molar-refractivity contribution in [3.05, 3.63) is 31.1 Å². The average Bonchev–Trinajstić information content (AvgIpc) is 3.25. The monoisotopic (exact) mass is 343 g/mol. The Morgan fingerprint density at radius 2 is 2.08 bits per heavy atom. The molecule has 1 spiro atoms. The largest absolute Gasteiger partial charge is 0.494 e. The van der Waals surface area contributed by atoms with Crippen LogP contribution in [-0.4, -0.2) is 51.8 Å². The first-order valence-corrected chi connectivity index (χ1v) is 8.46. The van der Waals surface area contributed by atoms with Gasteiger partial charge in [0.05, 0.1) is 37.8 Å². The molecule has 0 bridgehead atoms. The van der Waals surface area contributed by atoms with Crippen molar-refractivity contribution in [2.75, 3.05) is 25.1 Å². The van der Waals surface area contributed by atoms with Gasteiger partial charge in [0.1, 0.15) is 6.10 Å². The zero-order valence-corrected chi connectivity index (χ0v) is 14.2. The summed E-state index contributed by atoms with van der Waals surface area (Å²) in [6.45, 7) is 2.16.